The summed E-state index contributed by atoms with van der Waals surface area (Å²) in [5.74, 6) is 3.78. The van der Waals surface area contributed by atoms with E-state index in [0.29, 0.717) is 5.95 Å². The van der Waals surface area contributed by atoms with Crippen LogP contribution in [0.3, 0.4) is 0 Å². The van der Waals surface area contributed by atoms with Crippen LogP contribution in [0.15, 0.2) is 54.6 Å². The maximum atomic E-state index is 5.25. The van der Waals surface area contributed by atoms with Crippen LogP contribution in [0.2, 0.25) is 0 Å². The second-order valence-electron chi connectivity index (χ2n) is 7.43. The van der Waals surface area contributed by atoms with Crippen LogP contribution in [0.1, 0.15) is 0 Å². The summed E-state index contributed by atoms with van der Waals surface area (Å²) in [7, 11) is 5.46. The first kappa shape index (κ1) is 20.7. The second-order valence-corrected chi connectivity index (χ2v) is 7.43. The zero-order valence-electron chi connectivity index (χ0n) is 18.1. The Morgan fingerprint density at radius 2 is 1.29 bits per heavy atom. The molecule has 2 heterocycles. The molecule has 4 rings (SSSR count). The number of likely N-dealkylation sites (N-methyl/N-ethyl adjacent to an activating group) is 1. The van der Waals surface area contributed by atoms with E-state index in [9.17, 15) is 0 Å². The van der Waals surface area contributed by atoms with Crippen molar-refractivity contribution < 1.29 is 9.47 Å². The summed E-state index contributed by atoms with van der Waals surface area (Å²) in [4.78, 5) is 14.1. The zero-order chi connectivity index (χ0) is 21.6. The molecule has 1 aromatic heterocycles. The lowest BCUT2D eigenvalue weighted by Crippen LogP contribution is -2.44. The molecule has 8 nitrogen and oxygen atoms in total. The van der Waals surface area contributed by atoms with Crippen LogP contribution >= 0.6 is 0 Å². The largest absolute Gasteiger partial charge is 0.497 e. The van der Waals surface area contributed by atoms with Crippen LogP contribution in [0.4, 0.5) is 29.0 Å². The number of hydrogen-bond donors (Lipinski definition) is 2. The van der Waals surface area contributed by atoms with Gasteiger partial charge in [-0.1, -0.05) is 0 Å². The van der Waals surface area contributed by atoms with Gasteiger partial charge < -0.3 is 29.9 Å². The number of ether oxygens (including phenoxy) is 2. The van der Waals surface area contributed by atoms with Crippen molar-refractivity contribution in [2.24, 2.45) is 0 Å². The highest BCUT2D eigenvalue weighted by atomic mass is 16.5. The molecule has 8 heteroatoms. The Kier molecular flexibility index (Phi) is 6.37. The number of rotatable bonds is 7. The molecule has 3 aromatic rings. The number of benzene rings is 2. The number of nitrogens with one attached hydrogen (secondary N) is 2. The van der Waals surface area contributed by atoms with E-state index >= 15 is 0 Å². The van der Waals surface area contributed by atoms with Gasteiger partial charge in [-0.25, -0.2) is 0 Å². The number of piperazine rings is 1. The first-order valence-corrected chi connectivity index (χ1v) is 10.3. The van der Waals surface area contributed by atoms with Gasteiger partial charge in [0.2, 0.25) is 5.95 Å². The Morgan fingerprint density at radius 1 is 0.742 bits per heavy atom. The van der Waals surface area contributed by atoms with Crippen molar-refractivity contribution in [1.82, 2.24) is 14.9 Å². The van der Waals surface area contributed by atoms with Gasteiger partial charge in [-0.05, 0) is 55.6 Å². The van der Waals surface area contributed by atoms with Crippen molar-refractivity contribution in [3.63, 3.8) is 0 Å². The van der Waals surface area contributed by atoms with Crippen molar-refractivity contribution in [3.8, 4) is 11.5 Å². The molecule has 0 atom stereocenters. The van der Waals surface area contributed by atoms with Gasteiger partial charge in [-0.2, -0.15) is 9.97 Å². The van der Waals surface area contributed by atoms with Gasteiger partial charge >= 0.3 is 0 Å². The van der Waals surface area contributed by atoms with Crippen LogP contribution in [0.25, 0.3) is 0 Å². The molecule has 0 spiro atoms. The number of aromatic nitrogens is 2. The summed E-state index contributed by atoms with van der Waals surface area (Å²) in [5, 5.41) is 6.70. The fourth-order valence-corrected chi connectivity index (χ4v) is 3.38. The average molecular weight is 421 g/mol. The monoisotopic (exact) mass is 420 g/mol. The van der Waals surface area contributed by atoms with E-state index in [2.05, 4.69) is 32.5 Å². The molecule has 1 saturated heterocycles. The first-order valence-electron chi connectivity index (χ1n) is 10.3. The third-order valence-electron chi connectivity index (χ3n) is 5.25. The van der Waals surface area contributed by atoms with Gasteiger partial charge in [0.25, 0.3) is 0 Å². The predicted molar refractivity (Wildman–Crippen MR) is 124 cm³/mol. The quantitative estimate of drug-likeness (QED) is 0.599. The van der Waals surface area contributed by atoms with E-state index in [1.807, 2.05) is 54.6 Å². The molecule has 31 heavy (non-hydrogen) atoms. The van der Waals surface area contributed by atoms with Gasteiger partial charge in [0, 0.05) is 43.6 Å². The minimum absolute atomic E-state index is 0.539. The molecule has 0 unspecified atom stereocenters. The Morgan fingerprint density at radius 3 is 1.84 bits per heavy atom. The van der Waals surface area contributed by atoms with Crippen LogP contribution in [0, 0.1) is 0 Å². The third kappa shape index (κ3) is 5.35. The molecule has 1 fully saturated rings. The highest BCUT2D eigenvalue weighted by Gasteiger charge is 2.17. The summed E-state index contributed by atoms with van der Waals surface area (Å²) < 4.78 is 10.5. The summed E-state index contributed by atoms with van der Waals surface area (Å²) >= 11 is 0. The van der Waals surface area contributed by atoms with E-state index < -0.39 is 0 Å². The zero-order valence-corrected chi connectivity index (χ0v) is 18.1. The van der Waals surface area contributed by atoms with Crippen LogP contribution in [-0.4, -0.2) is 62.3 Å². The molecule has 162 valence electrons. The minimum atomic E-state index is 0.539. The molecule has 0 bridgehead atoms. The highest BCUT2D eigenvalue weighted by molar-refractivity contribution is 5.64. The number of nitrogens with zero attached hydrogens (tertiary/aromatic N) is 4. The Balaban J connectivity index is 1.60. The molecule has 1 aliphatic rings. The van der Waals surface area contributed by atoms with E-state index in [1.54, 1.807) is 14.2 Å². The molecule has 0 saturated carbocycles. The summed E-state index contributed by atoms with van der Waals surface area (Å²) in [5.41, 5.74) is 1.82. The average Bonchev–Trinajstić information content (AvgIpc) is 2.80. The summed E-state index contributed by atoms with van der Waals surface area (Å²) in [6.07, 6.45) is 0. The minimum Gasteiger partial charge on any atom is -0.497 e. The maximum Gasteiger partial charge on any atom is 0.231 e. The lowest BCUT2D eigenvalue weighted by Gasteiger charge is -2.33. The predicted octanol–water partition coefficient (Wildman–Crippen LogP) is 3.73. The van der Waals surface area contributed by atoms with Crippen molar-refractivity contribution in [1.29, 1.82) is 0 Å². The number of methoxy groups -OCH3 is 2. The van der Waals surface area contributed by atoms with Crippen molar-refractivity contribution in [3.05, 3.63) is 54.6 Å². The summed E-state index contributed by atoms with van der Waals surface area (Å²) in [6, 6.07) is 17.5. The fourth-order valence-electron chi connectivity index (χ4n) is 3.38. The second kappa shape index (κ2) is 9.53. The number of anilines is 5. The van der Waals surface area contributed by atoms with Crippen LogP contribution in [0.5, 0.6) is 11.5 Å². The Hall–Kier alpha value is -3.52. The lowest BCUT2D eigenvalue weighted by molar-refractivity contribution is 0.312. The fraction of sp³-hybridized carbons (Fsp3) is 0.304. The first-order chi connectivity index (χ1) is 15.1. The molecular formula is C23H28N6O2. The van der Waals surface area contributed by atoms with E-state index in [0.717, 1.165) is 60.7 Å². The standard InChI is InChI=1S/C23H28N6O2/c1-28-12-14-29(15-13-28)22-16-21(24-17-4-8-19(30-2)9-5-17)26-23(27-22)25-18-6-10-20(31-3)11-7-18/h4-11,16H,12-15H2,1-3H3,(H2,24,25,26,27). The third-order valence-corrected chi connectivity index (χ3v) is 5.25. The van der Waals surface area contributed by atoms with E-state index in [-0.39, 0.29) is 0 Å². The lowest BCUT2D eigenvalue weighted by atomic mass is 10.3. The molecule has 0 aliphatic carbocycles. The smallest absolute Gasteiger partial charge is 0.231 e. The van der Waals surface area contributed by atoms with Crippen molar-refractivity contribution >= 4 is 29.0 Å². The Bertz CT molecular complexity index is 918. The van der Waals surface area contributed by atoms with Crippen molar-refractivity contribution in [2.45, 2.75) is 0 Å². The molecule has 0 radical (unpaired) electrons. The molecule has 1 aliphatic heterocycles. The van der Waals surface area contributed by atoms with E-state index in [4.69, 9.17) is 14.5 Å². The molecular weight excluding hydrogens is 392 g/mol. The van der Waals surface area contributed by atoms with Gasteiger partial charge in [0.1, 0.15) is 23.1 Å². The van der Waals surface area contributed by atoms with Gasteiger partial charge in [-0.15, -0.1) is 0 Å². The number of hydrogen-bond acceptors (Lipinski definition) is 8. The van der Waals surface area contributed by atoms with Gasteiger partial charge in [0.05, 0.1) is 14.2 Å². The molecule has 0 amide bonds. The normalized spacial score (nSPS) is 14.2. The Labute approximate surface area is 182 Å². The molecule has 2 aromatic carbocycles. The maximum absolute atomic E-state index is 5.25. The SMILES string of the molecule is COc1ccc(Nc2cc(N3CCN(C)CC3)nc(Nc3ccc(OC)cc3)n2)cc1. The van der Waals surface area contributed by atoms with Gasteiger partial charge in [-0.3, -0.25) is 0 Å². The van der Waals surface area contributed by atoms with Crippen LogP contribution in [-0.2, 0) is 0 Å². The van der Waals surface area contributed by atoms with E-state index in [1.165, 1.54) is 0 Å². The van der Waals surface area contributed by atoms with Crippen molar-refractivity contribution in [2.75, 3.05) is 63.0 Å². The van der Waals surface area contributed by atoms with Gasteiger partial charge in [0.15, 0.2) is 0 Å². The molecule has 2 N–H and O–H groups in total. The summed E-state index contributed by atoms with van der Waals surface area (Å²) in [6.45, 7) is 3.87. The van der Waals surface area contributed by atoms with Crippen LogP contribution < -0.4 is 25.0 Å². The highest BCUT2D eigenvalue weighted by Crippen LogP contribution is 2.26. The topological polar surface area (TPSA) is 74.8 Å².